The molecule has 4 aromatic carbocycles. The van der Waals surface area contributed by atoms with Crippen LogP contribution in [0.5, 0.6) is 0 Å². The Labute approximate surface area is 181 Å². The molecule has 0 atom stereocenters. The predicted octanol–water partition coefficient (Wildman–Crippen LogP) is 7.41. The lowest BCUT2D eigenvalue weighted by atomic mass is 9.91. The van der Waals surface area contributed by atoms with Crippen molar-refractivity contribution in [2.24, 2.45) is 0 Å². The molecule has 2 nitrogen and oxygen atoms in total. The summed E-state index contributed by atoms with van der Waals surface area (Å²) in [6.45, 7) is 4.15. The van der Waals surface area contributed by atoms with Crippen LogP contribution in [0, 0.1) is 13.8 Å². The Balaban J connectivity index is 1.87. The first-order valence-electron chi connectivity index (χ1n) is 10.4. The molecule has 0 aliphatic carbocycles. The fraction of sp³-hybridized carbons (Fsp3) is 0.0690. The molecule has 0 fully saturated rings. The molecule has 0 saturated carbocycles. The normalized spacial score (nSPS) is 11.0. The minimum absolute atomic E-state index is 0.0380. The van der Waals surface area contributed by atoms with Gasteiger partial charge in [-0.3, -0.25) is 4.79 Å². The van der Waals surface area contributed by atoms with Crippen molar-refractivity contribution >= 4 is 11.0 Å². The number of fused-ring (bicyclic) bond motifs is 1. The molecule has 0 saturated heterocycles. The van der Waals surface area contributed by atoms with Gasteiger partial charge in [0.15, 0.2) is 5.43 Å². The summed E-state index contributed by atoms with van der Waals surface area (Å²) >= 11 is 0. The molecule has 0 radical (unpaired) electrons. The zero-order chi connectivity index (χ0) is 21.4. The van der Waals surface area contributed by atoms with E-state index in [1.54, 1.807) is 6.07 Å². The van der Waals surface area contributed by atoms with E-state index >= 15 is 0 Å². The van der Waals surface area contributed by atoms with Crippen molar-refractivity contribution in [3.05, 3.63) is 118 Å². The van der Waals surface area contributed by atoms with Crippen LogP contribution in [-0.2, 0) is 0 Å². The summed E-state index contributed by atoms with van der Waals surface area (Å²) < 4.78 is 6.43. The van der Waals surface area contributed by atoms with Crippen LogP contribution < -0.4 is 5.43 Å². The van der Waals surface area contributed by atoms with Gasteiger partial charge in [0.2, 0.25) is 0 Å². The average molecular weight is 402 g/mol. The Kier molecular flexibility index (Phi) is 4.76. The molecule has 2 heteroatoms. The molecule has 1 heterocycles. The first kappa shape index (κ1) is 19.1. The van der Waals surface area contributed by atoms with Crippen LogP contribution in [0.15, 0.2) is 106 Å². The van der Waals surface area contributed by atoms with E-state index in [1.165, 1.54) is 11.1 Å². The van der Waals surface area contributed by atoms with E-state index in [9.17, 15) is 4.79 Å². The first-order valence-corrected chi connectivity index (χ1v) is 10.4. The third-order valence-corrected chi connectivity index (χ3v) is 5.66. The molecule has 0 aliphatic heterocycles. The lowest BCUT2D eigenvalue weighted by molar-refractivity contribution is 0.620. The fourth-order valence-corrected chi connectivity index (χ4v) is 3.94. The molecule has 0 bridgehead atoms. The predicted molar refractivity (Wildman–Crippen MR) is 128 cm³/mol. The second-order valence-corrected chi connectivity index (χ2v) is 7.94. The Morgan fingerprint density at radius 3 is 1.87 bits per heavy atom. The second-order valence-electron chi connectivity index (χ2n) is 7.94. The maximum absolute atomic E-state index is 13.0. The van der Waals surface area contributed by atoms with E-state index in [2.05, 4.69) is 62.4 Å². The Morgan fingerprint density at radius 1 is 0.613 bits per heavy atom. The highest BCUT2D eigenvalue weighted by Gasteiger charge is 2.17. The number of benzene rings is 4. The highest BCUT2D eigenvalue weighted by atomic mass is 16.3. The van der Waals surface area contributed by atoms with Gasteiger partial charge in [0, 0.05) is 17.2 Å². The van der Waals surface area contributed by atoms with Gasteiger partial charge in [0.05, 0.1) is 5.39 Å². The Bertz CT molecular complexity index is 1430. The van der Waals surface area contributed by atoms with Gasteiger partial charge < -0.3 is 4.42 Å². The van der Waals surface area contributed by atoms with Crippen molar-refractivity contribution in [1.82, 2.24) is 0 Å². The lowest BCUT2D eigenvalue weighted by Gasteiger charge is -2.14. The van der Waals surface area contributed by atoms with Gasteiger partial charge >= 0.3 is 0 Å². The van der Waals surface area contributed by atoms with Crippen molar-refractivity contribution in [2.75, 3.05) is 0 Å². The van der Waals surface area contributed by atoms with Gasteiger partial charge in [0.25, 0.3) is 0 Å². The molecule has 0 N–H and O–H groups in total. The summed E-state index contributed by atoms with van der Waals surface area (Å²) in [5, 5.41) is 0.589. The maximum Gasteiger partial charge on any atom is 0.193 e. The highest BCUT2D eigenvalue weighted by Crippen LogP contribution is 2.38. The number of aryl methyl sites for hydroxylation is 2. The van der Waals surface area contributed by atoms with Crippen LogP contribution in [0.2, 0.25) is 0 Å². The summed E-state index contributed by atoms with van der Waals surface area (Å²) in [4.78, 5) is 13.0. The van der Waals surface area contributed by atoms with E-state index in [4.69, 9.17) is 4.42 Å². The number of hydrogen-bond acceptors (Lipinski definition) is 2. The summed E-state index contributed by atoms with van der Waals surface area (Å²) in [5.41, 5.74) is 7.97. The smallest absolute Gasteiger partial charge is 0.193 e. The van der Waals surface area contributed by atoms with Gasteiger partial charge in [-0.1, -0.05) is 96.1 Å². The SMILES string of the molecule is Cc1ccc(-c2ccc3c(=O)cc(-c4ccccc4)oc3c2-c2ccc(C)cc2)cc1. The molecule has 0 unspecified atom stereocenters. The van der Waals surface area contributed by atoms with Crippen LogP contribution >= 0.6 is 0 Å². The van der Waals surface area contributed by atoms with E-state index in [-0.39, 0.29) is 5.43 Å². The molecule has 0 amide bonds. The quantitative estimate of drug-likeness (QED) is 0.314. The minimum atomic E-state index is -0.0380. The summed E-state index contributed by atoms with van der Waals surface area (Å²) in [7, 11) is 0. The van der Waals surface area contributed by atoms with E-state index in [0.29, 0.717) is 16.7 Å². The third-order valence-electron chi connectivity index (χ3n) is 5.66. The van der Waals surface area contributed by atoms with Crippen molar-refractivity contribution in [2.45, 2.75) is 13.8 Å². The average Bonchev–Trinajstić information content (AvgIpc) is 2.80. The standard InChI is InChI=1S/C29H22O2/c1-19-8-12-21(13-9-19)24-16-17-25-26(30)18-27(22-6-4-3-5-7-22)31-29(25)28(24)23-14-10-20(2)11-15-23/h3-18H,1-2H3. The van der Waals surface area contributed by atoms with Gasteiger partial charge in [-0.05, 0) is 36.6 Å². The topological polar surface area (TPSA) is 30.2 Å². The molecule has 150 valence electrons. The van der Waals surface area contributed by atoms with Crippen molar-refractivity contribution in [1.29, 1.82) is 0 Å². The zero-order valence-corrected chi connectivity index (χ0v) is 17.6. The van der Waals surface area contributed by atoms with Crippen LogP contribution in [0.3, 0.4) is 0 Å². The van der Waals surface area contributed by atoms with E-state index < -0.39 is 0 Å². The molecule has 0 aliphatic rings. The third kappa shape index (κ3) is 3.57. The molecule has 5 aromatic rings. The summed E-state index contributed by atoms with van der Waals surface area (Å²) in [5.74, 6) is 0.576. The summed E-state index contributed by atoms with van der Waals surface area (Å²) in [6.07, 6.45) is 0. The van der Waals surface area contributed by atoms with E-state index in [0.717, 1.165) is 27.8 Å². The largest absolute Gasteiger partial charge is 0.455 e. The van der Waals surface area contributed by atoms with Crippen LogP contribution in [-0.4, -0.2) is 0 Å². The van der Waals surface area contributed by atoms with Gasteiger partial charge in [-0.15, -0.1) is 0 Å². The Hall–Kier alpha value is -3.91. The second kappa shape index (κ2) is 7.73. The molecule has 0 spiro atoms. The van der Waals surface area contributed by atoms with Crippen molar-refractivity contribution in [3.8, 4) is 33.6 Å². The lowest BCUT2D eigenvalue weighted by Crippen LogP contribution is -2.02. The number of rotatable bonds is 3. The molecule has 1 aromatic heterocycles. The summed E-state index contributed by atoms with van der Waals surface area (Å²) in [6, 6.07) is 32.1. The Morgan fingerprint density at radius 2 is 1.23 bits per heavy atom. The molecule has 5 rings (SSSR count). The zero-order valence-electron chi connectivity index (χ0n) is 17.6. The van der Waals surface area contributed by atoms with Gasteiger partial charge in [0.1, 0.15) is 11.3 Å². The molecular formula is C29H22O2. The minimum Gasteiger partial charge on any atom is -0.455 e. The fourth-order valence-electron chi connectivity index (χ4n) is 3.94. The monoisotopic (exact) mass is 402 g/mol. The highest BCUT2D eigenvalue weighted by molar-refractivity contribution is 6.01. The maximum atomic E-state index is 13.0. The van der Waals surface area contributed by atoms with E-state index in [1.807, 2.05) is 42.5 Å². The van der Waals surface area contributed by atoms with Gasteiger partial charge in [-0.2, -0.15) is 0 Å². The van der Waals surface area contributed by atoms with Crippen LogP contribution in [0.25, 0.3) is 44.5 Å². The van der Waals surface area contributed by atoms with Crippen molar-refractivity contribution in [3.63, 3.8) is 0 Å². The first-order chi connectivity index (χ1) is 15.1. The van der Waals surface area contributed by atoms with Crippen LogP contribution in [0.1, 0.15) is 11.1 Å². The number of hydrogen-bond donors (Lipinski definition) is 0. The molecular weight excluding hydrogens is 380 g/mol. The van der Waals surface area contributed by atoms with Gasteiger partial charge in [-0.25, -0.2) is 0 Å². The van der Waals surface area contributed by atoms with Crippen LogP contribution in [0.4, 0.5) is 0 Å². The van der Waals surface area contributed by atoms with Crippen molar-refractivity contribution < 1.29 is 4.42 Å². The molecule has 31 heavy (non-hydrogen) atoms.